The Morgan fingerprint density at radius 3 is 2.63 bits per heavy atom. The summed E-state index contributed by atoms with van der Waals surface area (Å²) in [6, 6.07) is 9.31. The highest BCUT2D eigenvalue weighted by Gasteiger charge is 2.20. The first-order valence-electron chi connectivity index (χ1n) is 5.42. The number of methoxy groups -OCH3 is 1. The number of ether oxygens (including phenoxy) is 1. The molecule has 0 spiro atoms. The summed E-state index contributed by atoms with van der Waals surface area (Å²) in [6.45, 7) is -0.357. The lowest BCUT2D eigenvalue weighted by atomic mass is 10.3. The van der Waals surface area contributed by atoms with Crippen LogP contribution in [0.25, 0.3) is 0 Å². The number of anilines is 1. The lowest BCUT2D eigenvalue weighted by Gasteiger charge is -2.09. The van der Waals surface area contributed by atoms with E-state index in [1.807, 2.05) is 0 Å². The Kier molecular flexibility index (Phi) is 3.77. The van der Waals surface area contributed by atoms with E-state index in [1.165, 1.54) is 19.2 Å². The van der Waals surface area contributed by atoms with Crippen LogP contribution in [0.3, 0.4) is 0 Å². The van der Waals surface area contributed by atoms with Gasteiger partial charge in [-0.15, -0.1) is 0 Å². The number of aliphatic hydroxyl groups is 1. The van der Waals surface area contributed by atoms with E-state index in [9.17, 15) is 8.42 Å². The van der Waals surface area contributed by atoms with Crippen LogP contribution in [0.15, 0.2) is 45.9 Å². The Balaban J connectivity index is 2.31. The molecule has 0 aliphatic rings. The molecule has 2 rings (SSSR count). The summed E-state index contributed by atoms with van der Waals surface area (Å²) in [5.74, 6) is 0.584. The van der Waals surface area contributed by atoms with Gasteiger partial charge in [0.2, 0.25) is 5.09 Å². The third-order valence-corrected chi connectivity index (χ3v) is 3.65. The summed E-state index contributed by atoms with van der Waals surface area (Å²) in [5, 5.41) is 8.60. The van der Waals surface area contributed by atoms with E-state index in [-0.39, 0.29) is 17.5 Å². The molecule has 6 nitrogen and oxygen atoms in total. The van der Waals surface area contributed by atoms with Gasteiger partial charge in [-0.1, -0.05) is 12.1 Å². The first-order valence-corrected chi connectivity index (χ1v) is 6.90. The van der Waals surface area contributed by atoms with E-state index in [0.717, 1.165) is 0 Å². The fourth-order valence-electron chi connectivity index (χ4n) is 1.51. The molecule has 0 saturated carbocycles. The zero-order chi connectivity index (χ0) is 13.9. The Bertz CT molecular complexity index is 662. The molecule has 2 N–H and O–H groups in total. The van der Waals surface area contributed by atoms with Crippen LogP contribution in [-0.2, 0) is 16.6 Å². The largest absolute Gasteiger partial charge is 0.495 e. The Hall–Kier alpha value is -1.99. The second kappa shape index (κ2) is 5.33. The highest BCUT2D eigenvalue weighted by Crippen LogP contribution is 2.26. The predicted octanol–water partition coefficient (Wildman–Crippen LogP) is 1.58. The Morgan fingerprint density at radius 2 is 2.00 bits per heavy atom. The summed E-state index contributed by atoms with van der Waals surface area (Å²) in [4.78, 5) is 0. The lowest BCUT2D eigenvalue weighted by Crippen LogP contribution is -2.12. The highest BCUT2D eigenvalue weighted by molar-refractivity contribution is 7.92. The molecule has 7 heteroatoms. The van der Waals surface area contributed by atoms with Crippen molar-refractivity contribution in [3.63, 3.8) is 0 Å². The van der Waals surface area contributed by atoms with Gasteiger partial charge in [0.25, 0.3) is 10.0 Å². The predicted molar refractivity (Wildman–Crippen MR) is 68.4 cm³/mol. The van der Waals surface area contributed by atoms with Crippen LogP contribution in [0, 0.1) is 0 Å². The van der Waals surface area contributed by atoms with Crippen LogP contribution < -0.4 is 9.46 Å². The first-order chi connectivity index (χ1) is 9.06. The Morgan fingerprint density at radius 1 is 1.26 bits per heavy atom. The quantitative estimate of drug-likeness (QED) is 0.869. The Labute approximate surface area is 110 Å². The normalized spacial score (nSPS) is 11.3. The molecule has 0 saturated heterocycles. The summed E-state index contributed by atoms with van der Waals surface area (Å²) < 4.78 is 36.5. The minimum atomic E-state index is -3.84. The maximum absolute atomic E-state index is 12.1. The number of hydrogen-bond donors (Lipinski definition) is 2. The molecular weight excluding hydrogens is 270 g/mol. The minimum Gasteiger partial charge on any atom is -0.495 e. The van der Waals surface area contributed by atoms with Gasteiger partial charge in [0.15, 0.2) is 0 Å². The van der Waals surface area contributed by atoms with Gasteiger partial charge in [-0.05, 0) is 24.3 Å². The summed E-state index contributed by atoms with van der Waals surface area (Å²) in [6.07, 6.45) is 0. The number of benzene rings is 1. The molecule has 0 aliphatic carbocycles. The highest BCUT2D eigenvalue weighted by atomic mass is 32.2. The molecule has 0 unspecified atom stereocenters. The molecule has 19 heavy (non-hydrogen) atoms. The number of para-hydroxylation sites is 2. The molecule has 1 aromatic carbocycles. The second-order valence-electron chi connectivity index (χ2n) is 3.68. The number of hydrogen-bond acceptors (Lipinski definition) is 5. The zero-order valence-corrected chi connectivity index (χ0v) is 11.0. The second-order valence-corrected chi connectivity index (χ2v) is 5.30. The van der Waals surface area contributed by atoms with Crippen molar-refractivity contribution in [3.05, 3.63) is 42.2 Å². The first kappa shape index (κ1) is 13.4. The number of sulfonamides is 1. The van der Waals surface area contributed by atoms with E-state index >= 15 is 0 Å². The summed E-state index contributed by atoms with van der Waals surface area (Å²) >= 11 is 0. The van der Waals surface area contributed by atoms with Crippen molar-refractivity contribution in [2.75, 3.05) is 11.8 Å². The topological polar surface area (TPSA) is 88.8 Å². The van der Waals surface area contributed by atoms with Crippen molar-refractivity contribution in [1.82, 2.24) is 0 Å². The van der Waals surface area contributed by atoms with E-state index < -0.39 is 10.0 Å². The molecule has 102 valence electrons. The van der Waals surface area contributed by atoms with Crippen molar-refractivity contribution in [2.45, 2.75) is 11.7 Å². The number of nitrogens with one attached hydrogen (secondary N) is 1. The molecule has 2 aromatic rings. The van der Waals surface area contributed by atoms with Gasteiger partial charge in [-0.2, -0.15) is 8.42 Å². The molecule has 0 atom stereocenters. The number of aliphatic hydroxyl groups excluding tert-OH is 1. The molecule has 0 radical (unpaired) electrons. The lowest BCUT2D eigenvalue weighted by molar-refractivity contribution is 0.236. The standard InChI is InChI=1S/C12H13NO5S/c1-17-11-5-3-2-4-10(11)13-19(15,16)12-7-6-9(8-14)18-12/h2-7,13-14H,8H2,1H3. The smallest absolute Gasteiger partial charge is 0.295 e. The molecule has 0 bridgehead atoms. The van der Waals surface area contributed by atoms with E-state index in [4.69, 9.17) is 14.3 Å². The summed E-state index contributed by atoms with van der Waals surface area (Å²) in [7, 11) is -2.39. The third kappa shape index (κ3) is 2.88. The van der Waals surface area contributed by atoms with Crippen LogP contribution in [0.1, 0.15) is 5.76 Å². The average Bonchev–Trinajstić information content (AvgIpc) is 2.88. The fraction of sp³-hybridized carbons (Fsp3) is 0.167. The molecular formula is C12H13NO5S. The van der Waals surface area contributed by atoms with Gasteiger partial charge < -0.3 is 14.3 Å². The minimum absolute atomic E-state index is 0.181. The van der Waals surface area contributed by atoms with Gasteiger partial charge >= 0.3 is 0 Å². The number of furan rings is 1. The molecule has 1 heterocycles. The van der Waals surface area contributed by atoms with Gasteiger partial charge in [0.1, 0.15) is 18.1 Å². The van der Waals surface area contributed by atoms with Crippen LogP contribution in [0.5, 0.6) is 5.75 Å². The van der Waals surface area contributed by atoms with Crippen molar-refractivity contribution in [1.29, 1.82) is 0 Å². The maximum Gasteiger partial charge on any atom is 0.295 e. The fourth-order valence-corrected chi connectivity index (χ4v) is 2.53. The molecule has 0 fully saturated rings. The van der Waals surface area contributed by atoms with Gasteiger partial charge in [-0.25, -0.2) is 0 Å². The van der Waals surface area contributed by atoms with E-state index in [2.05, 4.69) is 4.72 Å². The van der Waals surface area contributed by atoms with Crippen molar-refractivity contribution in [2.24, 2.45) is 0 Å². The third-order valence-electron chi connectivity index (χ3n) is 2.41. The SMILES string of the molecule is COc1ccccc1NS(=O)(=O)c1ccc(CO)o1. The van der Waals surface area contributed by atoms with Crippen molar-refractivity contribution >= 4 is 15.7 Å². The molecule has 1 aromatic heterocycles. The van der Waals surface area contributed by atoms with Crippen LogP contribution in [0.2, 0.25) is 0 Å². The van der Waals surface area contributed by atoms with Crippen LogP contribution in [-0.4, -0.2) is 20.6 Å². The zero-order valence-electron chi connectivity index (χ0n) is 10.2. The maximum atomic E-state index is 12.1. The average molecular weight is 283 g/mol. The van der Waals surface area contributed by atoms with Crippen molar-refractivity contribution < 1.29 is 22.7 Å². The molecule has 0 aliphatic heterocycles. The van der Waals surface area contributed by atoms with Gasteiger partial charge in [0.05, 0.1) is 12.8 Å². The van der Waals surface area contributed by atoms with Crippen LogP contribution in [0.4, 0.5) is 5.69 Å². The van der Waals surface area contributed by atoms with Gasteiger partial charge in [-0.3, -0.25) is 4.72 Å². The summed E-state index contributed by atoms with van der Waals surface area (Å²) in [5.41, 5.74) is 0.312. The monoisotopic (exact) mass is 283 g/mol. The van der Waals surface area contributed by atoms with Gasteiger partial charge in [0, 0.05) is 0 Å². The van der Waals surface area contributed by atoms with Crippen molar-refractivity contribution in [3.8, 4) is 5.75 Å². The number of rotatable bonds is 5. The van der Waals surface area contributed by atoms with E-state index in [1.54, 1.807) is 24.3 Å². The van der Waals surface area contributed by atoms with Crippen LogP contribution >= 0.6 is 0 Å². The van der Waals surface area contributed by atoms with E-state index in [0.29, 0.717) is 11.4 Å². The molecule has 0 amide bonds.